The molecule has 2 aromatic carbocycles. The van der Waals surface area contributed by atoms with E-state index in [1.165, 1.54) is 0 Å². The summed E-state index contributed by atoms with van der Waals surface area (Å²) in [7, 11) is -3.54. The van der Waals surface area contributed by atoms with Crippen LogP contribution in [0.15, 0.2) is 46.2 Å². The Hall–Kier alpha value is -1.72. The summed E-state index contributed by atoms with van der Waals surface area (Å²) in [5.74, 6) is 0. The van der Waals surface area contributed by atoms with E-state index in [9.17, 15) is 13.7 Å². The number of halogens is 1. The van der Waals surface area contributed by atoms with Gasteiger partial charge in [-0.05, 0) is 43.3 Å². The molecule has 1 aliphatic heterocycles. The fourth-order valence-corrected chi connectivity index (χ4v) is 4.42. The molecule has 8 heteroatoms. The van der Waals surface area contributed by atoms with Crippen molar-refractivity contribution in [2.45, 2.75) is 22.8 Å². The summed E-state index contributed by atoms with van der Waals surface area (Å²) in [6.45, 7) is 1.88. The zero-order valence-electron chi connectivity index (χ0n) is 13.6. The summed E-state index contributed by atoms with van der Waals surface area (Å²) in [5.41, 5.74) is 2.29. The Morgan fingerprint density at radius 3 is 2.68 bits per heavy atom. The van der Waals surface area contributed by atoms with E-state index in [1.54, 1.807) is 30.0 Å². The van der Waals surface area contributed by atoms with Crippen LogP contribution >= 0.6 is 23.4 Å². The minimum atomic E-state index is -3.54. The van der Waals surface area contributed by atoms with E-state index in [0.29, 0.717) is 10.6 Å². The third kappa shape index (κ3) is 3.93. The van der Waals surface area contributed by atoms with E-state index >= 15 is 0 Å². The normalized spacial score (nSPS) is 14.4. The van der Waals surface area contributed by atoms with Crippen molar-refractivity contribution in [1.82, 2.24) is 0 Å². The van der Waals surface area contributed by atoms with E-state index in [1.807, 2.05) is 30.0 Å². The van der Waals surface area contributed by atoms with Crippen molar-refractivity contribution in [3.63, 3.8) is 0 Å². The van der Waals surface area contributed by atoms with Crippen LogP contribution in [-0.4, -0.2) is 27.3 Å². The Balaban J connectivity index is 2.07. The van der Waals surface area contributed by atoms with Crippen LogP contribution in [0.2, 0.25) is 5.02 Å². The van der Waals surface area contributed by atoms with Gasteiger partial charge in [0.05, 0.1) is 41.9 Å². The number of anilines is 2. The molecule has 0 aliphatic carbocycles. The van der Waals surface area contributed by atoms with Crippen molar-refractivity contribution >= 4 is 44.9 Å². The van der Waals surface area contributed by atoms with Crippen molar-refractivity contribution in [3.8, 4) is 6.07 Å². The summed E-state index contributed by atoms with van der Waals surface area (Å²) in [5, 5.41) is 9.84. The average molecular weight is 395 g/mol. The number of hydrogen-bond acceptors (Lipinski definition) is 6. The van der Waals surface area contributed by atoms with Crippen LogP contribution in [0.3, 0.4) is 0 Å². The molecule has 0 radical (unpaired) electrons. The molecule has 3 rings (SSSR count). The Morgan fingerprint density at radius 2 is 2.00 bits per heavy atom. The van der Waals surface area contributed by atoms with Gasteiger partial charge in [-0.3, -0.25) is 4.18 Å². The van der Waals surface area contributed by atoms with Gasteiger partial charge in [-0.1, -0.05) is 23.4 Å². The molecule has 0 N–H and O–H groups in total. The van der Waals surface area contributed by atoms with Gasteiger partial charge in [-0.2, -0.15) is 13.7 Å². The van der Waals surface area contributed by atoms with Gasteiger partial charge in [-0.15, -0.1) is 0 Å². The smallest absolute Gasteiger partial charge is 0.264 e. The molecule has 1 atom stereocenters. The molecule has 0 saturated carbocycles. The monoisotopic (exact) mass is 394 g/mol. The lowest BCUT2D eigenvalue weighted by atomic mass is 10.1. The lowest BCUT2D eigenvalue weighted by Crippen LogP contribution is -2.35. The minimum absolute atomic E-state index is 0.00177. The van der Waals surface area contributed by atoms with Crippen molar-refractivity contribution in [3.05, 3.63) is 47.0 Å². The highest BCUT2D eigenvalue weighted by atomic mass is 35.5. The third-order valence-electron chi connectivity index (χ3n) is 3.71. The molecule has 0 amide bonds. The molecule has 1 heterocycles. The number of rotatable bonds is 4. The Bertz CT molecular complexity index is 970. The minimum Gasteiger partial charge on any atom is -0.334 e. The van der Waals surface area contributed by atoms with E-state index in [4.69, 9.17) is 15.8 Å². The zero-order chi connectivity index (χ0) is 18.2. The quantitative estimate of drug-likeness (QED) is 0.724. The molecule has 0 spiro atoms. The summed E-state index contributed by atoms with van der Waals surface area (Å²) >= 11 is 7.69. The van der Waals surface area contributed by atoms with Crippen molar-refractivity contribution in [1.29, 1.82) is 5.26 Å². The molecule has 0 saturated heterocycles. The maximum atomic E-state index is 11.3. The summed E-state index contributed by atoms with van der Waals surface area (Å²) in [6.07, 6.45) is 1.03. The van der Waals surface area contributed by atoms with Crippen molar-refractivity contribution in [2.24, 2.45) is 0 Å². The van der Waals surface area contributed by atoms with Gasteiger partial charge in [0.25, 0.3) is 10.1 Å². The van der Waals surface area contributed by atoms with E-state index < -0.39 is 10.1 Å². The molecule has 0 aromatic heterocycles. The second-order valence-corrected chi connectivity index (χ2v) is 8.88. The summed E-state index contributed by atoms with van der Waals surface area (Å²) in [6, 6.07) is 12.9. The number of nitriles is 1. The highest BCUT2D eigenvalue weighted by Crippen LogP contribution is 2.49. The SMILES string of the molecule is C[C@H](COS(C)(=O)=O)N1c2ccc(Cl)cc2Sc2ccc(C#N)cc21. The summed E-state index contributed by atoms with van der Waals surface area (Å²) in [4.78, 5) is 3.93. The standard InChI is InChI=1S/C17H15ClN2O3S2/c1-11(10-23-25(2,21)22)20-14-5-4-13(18)8-17(14)24-16-6-3-12(9-19)7-15(16)20/h3-8,11H,10H2,1-2H3/t11-/m1/s1. The molecule has 1 aliphatic rings. The highest BCUT2D eigenvalue weighted by molar-refractivity contribution is 7.99. The molecule has 5 nitrogen and oxygen atoms in total. The Labute approximate surface area is 156 Å². The number of nitrogens with zero attached hydrogens (tertiary/aromatic N) is 2. The first-order valence-electron chi connectivity index (χ1n) is 7.43. The molecule has 130 valence electrons. The lowest BCUT2D eigenvalue weighted by Gasteiger charge is -2.37. The molecule has 2 aromatic rings. The summed E-state index contributed by atoms with van der Waals surface area (Å²) < 4.78 is 27.7. The highest BCUT2D eigenvalue weighted by Gasteiger charge is 2.28. The molecule has 25 heavy (non-hydrogen) atoms. The van der Waals surface area contributed by atoms with Crippen LogP contribution in [0.4, 0.5) is 11.4 Å². The van der Waals surface area contributed by atoms with Crippen molar-refractivity contribution in [2.75, 3.05) is 17.8 Å². The van der Waals surface area contributed by atoms with Crippen LogP contribution < -0.4 is 4.90 Å². The van der Waals surface area contributed by atoms with Gasteiger partial charge in [0, 0.05) is 14.8 Å². The molecular formula is C17H15ClN2O3S2. The molecule has 0 fully saturated rings. The van der Waals surface area contributed by atoms with Crippen LogP contribution in [0.1, 0.15) is 12.5 Å². The molecular weight excluding hydrogens is 380 g/mol. The van der Waals surface area contributed by atoms with Gasteiger partial charge < -0.3 is 4.90 Å². The van der Waals surface area contributed by atoms with Gasteiger partial charge in [0.15, 0.2) is 0 Å². The molecule has 0 bridgehead atoms. The Morgan fingerprint density at radius 1 is 1.24 bits per heavy atom. The first-order valence-corrected chi connectivity index (χ1v) is 10.4. The van der Waals surface area contributed by atoms with Gasteiger partial charge >= 0.3 is 0 Å². The number of benzene rings is 2. The predicted octanol–water partition coefficient (Wildman–Crippen LogP) is 4.18. The van der Waals surface area contributed by atoms with Crippen LogP contribution in [0.5, 0.6) is 0 Å². The molecule has 0 unspecified atom stereocenters. The van der Waals surface area contributed by atoms with Crippen LogP contribution in [-0.2, 0) is 14.3 Å². The fourth-order valence-electron chi connectivity index (χ4n) is 2.65. The maximum Gasteiger partial charge on any atom is 0.264 e. The first-order chi connectivity index (χ1) is 11.8. The van der Waals surface area contributed by atoms with Crippen LogP contribution in [0.25, 0.3) is 0 Å². The number of fused-ring (bicyclic) bond motifs is 2. The predicted molar refractivity (Wildman–Crippen MR) is 99.1 cm³/mol. The van der Waals surface area contributed by atoms with Crippen molar-refractivity contribution < 1.29 is 12.6 Å². The average Bonchev–Trinajstić information content (AvgIpc) is 2.56. The van der Waals surface area contributed by atoms with Crippen LogP contribution in [0, 0.1) is 11.3 Å². The lowest BCUT2D eigenvalue weighted by molar-refractivity contribution is 0.300. The van der Waals surface area contributed by atoms with Gasteiger partial charge in [0.1, 0.15) is 0 Å². The van der Waals surface area contributed by atoms with E-state index in [2.05, 4.69) is 6.07 Å². The second kappa shape index (κ2) is 6.89. The second-order valence-electron chi connectivity index (χ2n) is 5.72. The number of hydrogen-bond donors (Lipinski definition) is 0. The van der Waals surface area contributed by atoms with E-state index in [0.717, 1.165) is 27.4 Å². The topological polar surface area (TPSA) is 70.4 Å². The van der Waals surface area contributed by atoms with Gasteiger partial charge in [-0.25, -0.2) is 0 Å². The van der Waals surface area contributed by atoms with E-state index in [-0.39, 0.29) is 12.6 Å². The zero-order valence-corrected chi connectivity index (χ0v) is 16.0. The first kappa shape index (κ1) is 18.1. The largest absolute Gasteiger partial charge is 0.334 e. The fraction of sp³-hybridized carbons (Fsp3) is 0.235. The maximum absolute atomic E-state index is 11.3. The van der Waals surface area contributed by atoms with Gasteiger partial charge in [0.2, 0.25) is 0 Å². The Kier molecular flexibility index (Phi) is 4.98. The third-order valence-corrected chi connectivity index (χ3v) is 5.62.